The molecule has 0 N–H and O–H groups in total. The maximum Gasteiger partial charge on any atom is 0.310 e. The van der Waals surface area contributed by atoms with Crippen molar-refractivity contribution < 1.29 is 14.4 Å². The predicted octanol–water partition coefficient (Wildman–Crippen LogP) is 1.66. The Bertz CT molecular complexity index is 312. The summed E-state index contributed by atoms with van der Waals surface area (Å²) in [6, 6.07) is 0. The number of ether oxygens (including phenoxy) is 2. The first kappa shape index (κ1) is 11.0. The Morgan fingerprint density at radius 1 is 1.64 bits per heavy atom. The van der Waals surface area contributed by atoms with Gasteiger partial charge in [0.05, 0.1) is 12.0 Å². The third kappa shape index (κ3) is 2.05. The molecule has 0 fully saturated rings. The Kier molecular flexibility index (Phi) is 3.13. The van der Waals surface area contributed by atoms with E-state index in [1.165, 1.54) is 26.4 Å². The number of hydrogen-bond acceptors (Lipinski definition) is 4. The van der Waals surface area contributed by atoms with Gasteiger partial charge in [-0.3, -0.25) is 10.1 Å². The SMILES string of the molecule is COC1=CCC(Cl)(OC)C=C1[N+](=O)[O-]. The number of alkyl halides is 1. The molecule has 0 saturated carbocycles. The van der Waals surface area contributed by atoms with E-state index >= 15 is 0 Å². The molecule has 0 bridgehead atoms. The zero-order valence-electron chi connectivity index (χ0n) is 7.82. The minimum Gasteiger partial charge on any atom is -0.490 e. The second-order valence-corrected chi connectivity index (χ2v) is 3.39. The highest BCUT2D eigenvalue weighted by molar-refractivity contribution is 6.24. The molecule has 14 heavy (non-hydrogen) atoms. The van der Waals surface area contributed by atoms with Crippen LogP contribution in [0.15, 0.2) is 23.6 Å². The van der Waals surface area contributed by atoms with E-state index in [1.807, 2.05) is 0 Å². The number of methoxy groups -OCH3 is 2. The van der Waals surface area contributed by atoms with Gasteiger partial charge in [0.1, 0.15) is 0 Å². The molecule has 0 saturated heterocycles. The maximum atomic E-state index is 10.6. The van der Waals surface area contributed by atoms with Crippen molar-refractivity contribution >= 4 is 11.6 Å². The molecule has 0 aromatic carbocycles. The lowest BCUT2D eigenvalue weighted by Crippen LogP contribution is -2.26. The van der Waals surface area contributed by atoms with Crippen LogP contribution < -0.4 is 0 Å². The molecule has 1 rings (SSSR count). The fourth-order valence-corrected chi connectivity index (χ4v) is 1.32. The Morgan fingerprint density at radius 3 is 2.71 bits per heavy atom. The summed E-state index contributed by atoms with van der Waals surface area (Å²) in [6.45, 7) is 0. The first-order chi connectivity index (χ1) is 6.52. The normalized spacial score (nSPS) is 26.5. The van der Waals surface area contributed by atoms with Crippen molar-refractivity contribution in [2.75, 3.05) is 14.2 Å². The quantitative estimate of drug-likeness (QED) is 0.412. The van der Waals surface area contributed by atoms with Gasteiger partial charge in [-0.2, -0.15) is 0 Å². The van der Waals surface area contributed by atoms with E-state index in [1.54, 1.807) is 0 Å². The second kappa shape index (κ2) is 3.98. The Morgan fingerprint density at radius 2 is 2.29 bits per heavy atom. The lowest BCUT2D eigenvalue weighted by Gasteiger charge is -2.23. The molecule has 0 aliphatic heterocycles. The summed E-state index contributed by atoms with van der Waals surface area (Å²) in [5.74, 6) is 0.211. The summed E-state index contributed by atoms with van der Waals surface area (Å²) in [4.78, 5) is 10.1. The Hall–Kier alpha value is -1.07. The zero-order chi connectivity index (χ0) is 10.8. The molecule has 78 valence electrons. The van der Waals surface area contributed by atoms with Crippen LogP contribution in [0.3, 0.4) is 0 Å². The summed E-state index contributed by atoms with van der Waals surface area (Å²) in [5.41, 5.74) is -0.171. The van der Waals surface area contributed by atoms with Gasteiger partial charge in [0, 0.05) is 19.6 Å². The van der Waals surface area contributed by atoms with Gasteiger partial charge >= 0.3 is 5.70 Å². The van der Waals surface area contributed by atoms with E-state index in [4.69, 9.17) is 21.1 Å². The molecule has 1 aliphatic carbocycles. The number of nitrogens with zero attached hydrogens (tertiary/aromatic N) is 1. The first-order valence-corrected chi connectivity index (χ1v) is 4.26. The van der Waals surface area contributed by atoms with Crippen molar-refractivity contribution in [2.24, 2.45) is 0 Å². The molecule has 1 atom stereocenters. The largest absolute Gasteiger partial charge is 0.490 e. The zero-order valence-corrected chi connectivity index (χ0v) is 8.58. The summed E-state index contributed by atoms with van der Waals surface area (Å²) < 4.78 is 9.78. The van der Waals surface area contributed by atoms with Crippen LogP contribution in [0.5, 0.6) is 0 Å². The minimum absolute atomic E-state index is 0.171. The van der Waals surface area contributed by atoms with Gasteiger partial charge in [-0.15, -0.1) is 0 Å². The molecule has 0 heterocycles. The van der Waals surface area contributed by atoms with Crippen LogP contribution in [0.2, 0.25) is 0 Å². The third-order valence-corrected chi connectivity index (χ3v) is 2.34. The van der Waals surface area contributed by atoms with Crippen molar-refractivity contribution in [3.8, 4) is 0 Å². The first-order valence-electron chi connectivity index (χ1n) is 3.88. The Labute approximate surface area is 86.1 Å². The van der Waals surface area contributed by atoms with Crippen LogP contribution >= 0.6 is 11.6 Å². The molecule has 0 aromatic rings. The van der Waals surface area contributed by atoms with Gasteiger partial charge in [0.15, 0.2) is 10.8 Å². The highest BCUT2D eigenvalue weighted by atomic mass is 35.5. The van der Waals surface area contributed by atoms with E-state index in [-0.39, 0.29) is 11.5 Å². The fourth-order valence-electron chi connectivity index (χ4n) is 1.14. The van der Waals surface area contributed by atoms with E-state index < -0.39 is 9.98 Å². The summed E-state index contributed by atoms with van der Waals surface area (Å²) in [6.07, 6.45) is 3.12. The molecular weight excluding hydrogens is 210 g/mol. The molecule has 0 amide bonds. The lowest BCUT2D eigenvalue weighted by molar-refractivity contribution is -0.425. The molecule has 6 heteroatoms. The van der Waals surface area contributed by atoms with Crippen molar-refractivity contribution in [3.05, 3.63) is 33.7 Å². The average Bonchev–Trinajstić information content (AvgIpc) is 2.18. The van der Waals surface area contributed by atoms with Gasteiger partial charge < -0.3 is 9.47 Å². The molecule has 0 spiro atoms. The van der Waals surface area contributed by atoms with Crippen LogP contribution in [0.4, 0.5) is 0 Å². The number of halogens is 1. The number of rotatable bonds is 3. The summed E-state index contributed by atoms with van der Waals surface area (Å²) in [5, 5.41) is 9.50. The number of hydrogen-bond donors (Lipinski definition) is 0. The van der Waals surface area contributed by atoms with Crippen molar-refractivity contribution in [1.29, 1.82) is 0 Å². The van der Waals surface area contributed by atoms with Crippen molar-refractivity contribution in [2.45, 2.75) is 11.5 Å². The monoisotopic (exact) mass is 219 g/mol. The summed E-state index contributed by atoms with van der Waals surface area (Å²) >= 11 is 5.92. The summed E-state index contributed by atoms with van der Waals surface area (Å²) in [7, 11) is 2.77. The topological polar surface area (TPSA) is 61.6 Å². The fraction of sp³-hybridized carbons (Fsp3) is 0.500. The van der Waals surface area contributed by atoms with Crippen LogP contribution in [0.25, 0.3) is 0 Å². The van der Waals surface area contributed by atoms with Crippen LogP contribution in [-0.4, -0.2) is 24.2 Å². The van der Waals surface area contributed by atoms with Gasteiger partial charge in [0.25, 0.3) is 0 Å². The molecule has 1 unspecified atom stereocenters. The Balaban J connectivity index is 3.03. The molecule has 0 radical (unpaired) electrons. The van der Waals surface area contributed by atoms with Crippen LogP contribution in [-0.2, 0) is 9.47 Å². The van der Waals surface area contributed by atoms with E-state index in [0.717, 1.165) is 0 Å². The van der Waals surface area contributed by atoms with Gasteiger partial charge in [-0.05, 0) is 6.08 Å². The van der Waals surface area contributed by atoms with Gasteiger partial charge in [-0.25, -0.2) is 0 Å². The average molecular weight is 220 g/mol. The standard InChI is InChI=1S/C8H10ClNO4/c1-13-7-3-4-8(9,14-2)5-6(7)10(11)12/h3,5H,4H2,1-2H3. The van der Waals surface area contributed by atoms with Crippen molar-refractivity contribution in [3.63, 3.8) is 0 Å². The van der Waals surface area contributed by atoms with Crippen LogP contribution in [0, 0.1) is 10.1 Å². The van der Waals surface area contributed by atoms with Gasteiger partial charge in [-0.1, -0.05) is 11.6 Å². The highest BCUT2D eigenvalue weighted by Gasteiger charge is 2.34. The smallest absolute Gasteiger partial charge is 0.310 e. The molecular formula is C8H10ClNO4. The molecule has 1 aliphatic rings. The van der Waals surface area contributed by atoms with Crippen LogP contribution in [0.1, 0.15) is 6.42 Å². The van der Waals surface area contributed by atoms with Gasteiger partial charge in [0.2, 0.25) is 0 Å². The number of nitro groups is 1. The highest BCUT2D eigenvalue weighted by Crippen LogP contribution is 2.32. The van der Waals surface area contributed by atoms with E-state index in [2.05, 4.69) is 0 Å². The lowest BCUT2D eigenvalue weighted by atomic mass is 10.1. The maximum absolute atomic E-state index is 10.6. The second-order valence-electron chi connectivity index (χ2n) is 2.75. The molecule has 5 nitrogen and oxygen atoms in total. The van der Waals surface area contributed by atoms with Crippen molar-refractivity contribution in [1.82, 2.24) is 0 Å². The third-order valence-electron chi connectivity index (χ3n) is 1.93. The predicted molar refractivity (Wildman–Crippen MR) is 50.4 cm³/mol. The molecule has 0 aromatic heterocycles. The van der Waals surface area contributed by atoms with E-state index in [9.17, 15) is 10.1 Å². The van der Waals surface area contributed by atoms with E-state index in [0.29, 0.717) is 6.42 Å². The minimum atomic E-state index is -1.13.